The maximum absolute atomic E-state index is 12.4. The molecule has 1 amide bonds. The van der Waals surface area contributed by atoms with E-state index in [1.54, 1.807) is 12.4 Å². The van der Waals surface area contributed by atoms with Gasteiger partial charge in [0.25, 0.3) is 5.91 Å². The van der Waals surface area contributed by atoms with Crippen molar-refractivity contribution in [3.05, 3.63) is 42.2 Å². The van der Waals surface area contributed by atoms with E-state index in [1.165, 1.54) is 0 Å². The Hall–Kier alpha value is -1.75. The summed E-state index contributed by atoms with van der Waals surface area (Å²) < 4.78 is 0. The number of hydrogen-bond donors (Lipinski definition) is 2. The second kappa shape index (κ2) is 5.48. The molecule has 0 radical (unpaired) electrons. The number of carbonyl (C=O) groups excluding carboxylic acids is 1. The summed E-state index contributed by atoms with van der Waals surface area (Å²) >= 11 is 1.89. The first-order valence-electron chi connectivity index (χ1n) is 6.32. The number of amides is 1. The normalized spacial score (nSPS) is 18.4. The molecule has 19 heavy (non-hydrogen) atoms. The van der Waals surface area contributed by atoms with Crippen molar-refractivity contribution in [2.45, 2.75) is 12.5 Å². The van der Waals surface area contributed by atoms with E-state index >= 15 is 0 Å². The smallest absolute Gasteiger partial charge is 0.252 e. The lowest BCUT2D eigenvalue weighted by Crippen LogP contribution is -2.34. The fourth-order valence-corrected chi connectivity index (χ4v) is 3.36. The van der Waals surface area contributed by atoms with Gasteiger partial charge in [0.2, 0.25) is 0 Å². The lowest BCUT2D eigenvalue weighted by molar-refractivity contribution is 0.0942. The van der Waals surface area contributed by atoms with Crippen LogP contribution in [0.15, 0.2) is 36.7 Å². The van der Waals surface area contributed by atoms with Crippen molar-refractivity contribution in [1.82, 2.24) is 15.3 Å². The van der Waals surface area contributed by atoms with Gasteiger partial charge in [-0.15, -0.1) is 0 Å². The van der Waals surface area contributed by atoms with E-state index in [9.17, 15) is 4.79 Å². The first-order chi connectivity index (χ1) is 9.34. The molecule has 1 saturated heterocycles. The summed E-state index contributed by atoms with van der Waals surface area (Å²) in [5.74, 6) is 2.85. The van der Waals surface area contributed by atoms with Crippen LogP contribution in [0.25, 0.3) is 11.4 Å². The molecule has 0 bridgehead atoms. The van der Waals surface area contributed by atoms with Gasteiger partial charge in [-0.1, -0.05) is 18.2 Å². The number of imidazole rings is 1. The van der Waals surface area contributed by atoms with Crippen LogP contribution in [-0.2, 0) is 0 Å². The third-order valence-electron chi connectivity index (χ3n) is 3.19. The summed E-state index contributed by atoms with van der Waals surface area (Å²) in [5, 5.41) is 3.10. The summed E-state index contributed by atoms with van der Waals surface area (Å²) in [6.07, 6.45) is 4.51. The van der Waals surface area contributed by atoms with E-state index in [0.717, 1.165) is 29.3 Å². The molecule has 1 fully saturated rings. The Morgan fingerprint density at radius 1 is 1.42 bits per heavy atom. The number of rotatable bonds is 3. The molecule has 4 nitrogen and oxygen atoms in total. The van der Waals surface area contributed by atoms with E-state index in [2.05, 4.69) is 15.3 Å². The Labute approximate surface area is 116 Å². The van der Waals surface area contributed by atoms with Gasteiger partial charge in [-0.2, -0.15) is 11.8 Å². The van der Waals surface area contributed by atoms with Crippen LogP contribution in [0.2, 0.25) is 0 Å². The van der Waals surface area contributed by atoms with Gasteiger partial charge < -0.3 is 10.3 Å². The van der Waals surface area contributed by atoms with Crippen molar-refractivity contribution in [3.63, 3.8) is 0 Å². The second-order valence-electron chi connectivity index (χ2n) is 4.52. The van der Waals surface area contributed by atoms with Crippen LogP contribution >= 0.6 is 11.8 Å². The number of aromatic amines is 1. The monoisotopic (exact) mass is 273 g/mol. The zero-order valence-corrected chi connectivity index (χ0v) is 11.2. The van der Waals surface area contributed by atoms with Crippen molar-refractivity contribution in [1.29, 1.82) is 0 Å². The van der Waals surface area contributed by atoms with Crippen molar-refractivity contribution in [2.24, 2.45) is 0 Å². The standard InChI is InChI=1S/C14H15N3OS/c18-14(17-10-5-8-19-9-10)12-4-2-1-3-11(12)13-15-6-7-16-13/h1-4,6-7,10H,5,8-9H2,(H,15,16)(H,17,18)/t10-/m1/s1. The Morgan fingerprint density at radius 2 is 2.32 bits per heavy atom. The number of benzene rings is 1. The predicted octanol–water partition coefficient (Wildman–Crippen LogP) is 2.31. The van der Waals surface area contributed by atoms with Gasteiger partial charge in [-0.25, -0.2) is 4.98 Å². The van der Waals surface area contributed by atoms with Gasteiger partial charge in [0, 0.05) is 29.8 Å². The Bertz CT molecular complexity index is 562. The zero-order chi connectivity index (χ0) is 13.1. The Balaban J connectivity index is 1.85. The van der Waals surface area contributed by atoms with E-state index in [0.29, 0.717) is 11.6 Å². The van der Waals surface area contributed by atoms with Gasteiger partial charge in [0.15, 0.2) is 0 Å². The van der Waals surface area contributed by atoms with E-state index < -0.39 is 0 Å². The number of aromatic nitrogens is 2. The van der Waals surface area contributed by atoms with Crippen LogP contribution in [-0.4, -0.2) is 33.4 Å². The Morgan fingerprint density at radius 3 is 3.05 bits per heavy atom. The van der Waals surface area contributed by atoms with Crippen LogP contribution in [0.5, 0.6) is 0 Å². The molecule has 0 saturated carbocycles. The molecule has 2 heterocycles. The number of nitrogens with one attached hydrogen (secondary N) is 2. The average Bonchev–Trinajstić information content (AvgIpc) is 3.11. The topological polar surface area (TPSA) is 57.8 Å². The highest BCUT2D eigenvalue weighted by molar-refractivity contribution is 7.99. The average molecular weight is 273 g/mol. The van der Waals surface area contributed by atoms with E-state index in [-0.39, 0.29) is 5.91 Å². The van der Waals surface area contributed by atoms with Crippen LogP contribution in [0.3, 0.4) is 0 Å². The minimum absolute atomic E-state index is 0.0144. The van der Waals surface area contributed by atoms with Crippen molar-refractivity contribution < 1.29 is 4.79 Å². The molecule has 1 aromatic carbocycles. The number of thioether (sulfide) groups is 1. The van der Waals surface area contributed by atoms with Gasteiger partial charge in [0.1, 0.15) is 5.82 Å². The Kier molecular flexibility index (Phi) is 3.55. The van der Waals surface area contributed by atoms with Crippen molar-refractivity contribution in [2.75, 3.05) is 11.5 Å². The summed E-state index contributed by atoms with van der Waals surface area (Å²) in [6, 6.07) is 7.85. The number of hydrogen-bond acceptors (Lipinski definition) is 3. The number of H-pyrrole nitrogens is 1. The summed E-state index contributed by atoms with van der Waals surface area (Å²) in [7, 11) is 0. The maximum Gasteiger partial charge on any atom is 0.252 e. The molecular weight excluding hydrogens is 258 g/mol. The van der Waals surface area contributed by atoms with Gasteiger partial charge in [-0.3, -0.25) is 4.79 Å². The second-order valence-corrected chi connectivity index (χ2v) is 5.67. The molecular formula is C14H15N3OS. The maximum atomic E-state index is 12.4. The van der Waals surface area contributed by atoms with Crippen molar-refractivity contribution in [3.8, 4) is 11.4 Å². The van der Waals surface area contributed by atoms with Crippen LogP contribution in [0.4, 0.5) is 0 Å². The minimum atomic E-state index is -0.0144. The third-order valence-corrected chi connectivity index (χ3v) is 4.35. The quantitative estimate of drug-likeness (QED) is 0.902. The molecule has 1 aliphatic heterocycles. The summed E-state index contributed by atoms with van der Waals surface area (Å²) in [5.41, 5.74) is 1.52. The van der Waals surface area contributed by atoms with Crippen LogP contribution in [0.1, 0.15) is 16.8 Å². The molecule has 0 unspecified atom stereocenters. The molecule has 2 aromatic rings. The highest BCUT2D eigenvalue weighted by Gasteiger charge is 2.20. The van der Waals surface area contributed by atoms with Crippen LogP contribution in [0, 0.1) is 0 Å². The minimum Gasteiger partial charge on any atom is -0.348 e. The number of carbonyl (C=O) groups is 1. The highest BCUT2D eigenvalue weighted by atomic mass is 32.2. The molecule has 1 aliphatic rings. The zero-order valence-electron chi connectivity index (χ0n) is 10.4. The summed E-state index contributed by atoms with van der Waals surface area (Å²) in [4.78, 5) is 19.6. The lowest BCUT2D eigenvalue weighted by Gasteiger charge is -2.13. The lowest BCUT2D eigenvalue weighted by atomic mass is 10.1. The van der Waals surface area contributed by atoms with E-state index in [1.807, 2.05) is 36.0 Å². The third kappa shape index (κ3) is 2.66. The molecule has 0 aliphatic carbocycles. The first-order valence-corrected chi connectivity index (χ1v) is 7.47. The first kappa shape index (κ1) is 12.3. The number of nitrogens with zero attached hydrogens (tertiary/aromatic N) is 1. The predicted molar refractivity (Wildman–Crippen MR) is 77.2 cm³/mol. The van der Waals surface area contributed by atoms with Gasteiger partial charge in [0.05, 0.1) is 5.56 Å². The molecule has 5 heteroatoms. The van der Waals surface area contributed by atoms with Gasteiger partial charge >= 0.3 is 0 Å². The molecule has 98 valence electrons. The highest BCUT2D eigenvalue weighted by Crippen LogP contribution is 2.21. The fourth-order valence-electron chi connectivity index (χ4n) is 2.21. The van der Waals surface area contributed by atoms with Crippen molar-refractivity contribution >= 4 is 17.7 Å². The molecule has 3 rings (SSSR count). The van der Waals surface area contributed by atoms with Crippen LogP contribution < -0.4 is 5.32 Å². The molecule has 1 aromatic heterocycles. The largest absolute Gasteiger partial charge is 0.348 e. The molecule has 2 N–H and O–H groups in total. The summed E-state index contributed by atoms with van der Waals surface area (Å²) in [6.45, 7) is 0. The van der Waals surface area contributed by atoms with E-state index in [4.69, 9.17) is 0 Å². The van der Waals surface area contributed by atoms with Gasteiger partial charge in [-0.05, 0) is 18.2 Å². The molecule has 0 spiro atoms. The SMILES string of the molecule is O=C(N[C@@H]1CCSC1)c1ccccc1-c1ncc[nH]1. The fraction of sp³-hybridized carbons (Fsp3) is 0.286. The molecule has 1 atom stereocenters.